The monoisotopic (exact) mass is 525 g/mol. The van der Waals surface area contributed by atoms with Crippen molar-refractivity contribution in [3.05, 3.63) is 63.5 Å². The molecule has 0 N–H and O–H groups in total. The number of amides is 1. The molecule has 10 heteroatoms. The molecule has 1 fully saturated rings. The van der Waals surface area contributed by atoms with Crippen LogP contribution in [0, 0.1) is 0 Å². The highest BCUT2D eigenvalue weighted by Crippen LogP contribution is 2.50. The van der Waals surface area contributed by atoms with Gasteiger partial charge in [0.1, 0.15) is 9.93 Å². The summed E-state index contributed by atoms with van der Waals surface area (Å²) >= 11 is 2.89. The maximum Gasteiger partial charge on any atom is 0.337 e. The Morgan fingerprint density at radius 1 is 0.944 bits per heavy atom. The summed E-state index contributed by atoms with van der Waals surface area (Å²) in [6.45, 7) is 5.36. The van der Waals surface area contributed by atoms with Crippen molar-refractivity contribution in [2.24, 2.45) is 4.99 Å². The number of carbonyl (C=O) groups excluding carboxylic acids is 3. The summed E-state index contributed by atoms with van der Waals surface area (Å²) < 4.78 is 9.67. The van der Waals surface area contributed by atoms with Gasteiger partial charge in [0.15, 0.2) is 5.17 Å². The van der Waals surface area contributed by atoms with Crippen molar-refractivity contribution >= 4 is 57.9 Å². The summed E-state index contributed by atoms with van der Waals surface area (Å²) in [6, 6.07) is 12.6. The Kier molecular flexibility index (Phi) is 8.05. The number of carbonyl (C=O) groups is 3. The van der Waals surface area contributed by atoms with Crippen LogP contribution in [0.2, 0.25) is 0 Å². The molecule has 188 valence electrons. The van der Waals surface area contributed by atoms with Gasteiger partial charge < -0.3 is 14.4 Å². The Hall–Kier alpha value is -3.24. The fourth-order valence-electron chi connectivity index (χ4n) is 3.91. The minimum absolute atomic E-state index is 0.0988. The topological polar surface area (TPSA) is 88.5 Å². The summed E-state index contributed by atoms with van der Waals surface area (Å²) in [4.78, 5) is 48.3. The van der Waals surface area contributed by atoms with Crippen LogP contribution in [-0.4, -0.2) is 55.2 Å². The normalized spacial score (nSPS) is 18.1. The first kappa shape index (κ1) is 25.8. The van der Waals surface area contributed by atoms with E-state index in [1.54, 1.807) is 16.7 Å². The fourth-order valence-corrected chi connectivity index (χ4v) is 6.33. The van der Waals surface area contributed by atoms with Gasteiger partial charge in [-0.1, -0.05) is 37.2 Å². The van der Waals surface area contributed by atoms with Crippen molar-refractivity contribution in [3.63, 3.8) is 0 Å². The quantitative estimate of drug-likeness (QED) is 0.350. The zero-order chi connectivity index (χ0) is 25.8. The number of ether oxygens (including phenoxy) is 2. The molecule has 2 heterocycles. The lowest BCUT2D eigenvalue weighted by atomic mass is 10.1. The van der Waals surface area contributed by atoms with Gasteiger partial charge in [-0.25, -0.2) is 14.6 Å². The average molecular weight is 526 g/mol. The van der Waals surface area contributed by atoms with E-state index in [-0.39, 0.29) is 17.0 Å². The van der Waals surface area contributed by atoms with Crippen molar-refractivity contribution in [1.29, 1.82) is 0 Å². The molecule has 36 heavy (non-hydrogen) atoms. The lowest BCUT2D eigenvalue weighted by Crippen LogP contribution is -2.30. The lowest BCUT2D eigenvalue weighted by molar-refractivity contribution is -0.122. The van der Waals surface area contributed by atoms with Gasteiger partial charge in [0.25, 0.3) is 5.91 Å². The number of rotatable bonds is 7. The zero-order valence-electron chi connectivity index (χ0n) is 20.6. The number of hydrogen-bond donors (Lipinski definition) is 0. The minimum Gasteiger partial charge on any atom is -0.465 e. The molecule has 0 aromatic heterocycles. The van der Waals surface area contributed by atoms with Crippen molar-refractivity contribution in [1.82, 2.24) is 4.90 Å². The number of anilines is 1. The third-order valence-corrected chi connectivity index (χ3v) is 8.08. The van der Waals surface area contributed by atoms with Crippen LogP contribution in [0.1, 0.15) is 47.4 Å². The van der Waals surface area contributed by atoms with E-state index < -0.39 is 11.9 Å². The molecular weight excluding hydrogens is 498 g/mol. The van der Waals surface area contributed by atoms with Gasteiger partial charge in [-0.3, -0.25) is 9.69 Å². The maximum atomic E-state index is 13.6. The summed E-state index contributed by atoms with van der Waals surface area (Å²) in [7, 11) is 2.54. The summed E-state index contributed by atoms with van der Waals surface area (Å²) in [5.74, 6) is -1.29. The molecule has 2 aromatic rings. The number of unbranched alkanes of at least 4 members (excludes halogenated alkanes) is 1. The molecule has 2 aromatic carbocycles. The van der Waals surface area contributed by atoms with Crippen LogP contribution in [0.3, 0.4) is 0 Å². The van der Waals surface area contributed by atoms with Crippen molar-refractivity contribution < 1.29 is 23.9 Å². The second-order valence-corrected chi connectivity index (χ2v) is 10.0. The second-order valence-electron chi connectivity index (χ2n) is 8.01. The molecule has 2 aliphatic heterocycles. The number of para-hydroxylation sites is 1. The van der Waals surface area contributed by atoms with E-state index in [1.165, 1.54) is 44.2 Å². The van der Waals surface area contributed by atoms with Crippen LogP contribution >= 0.6 is 23.5 Å². The van der Waals surface area contributed by atoms with E-state index >= 15 is 0 Å². The summed E-state index contributed by atoms with van der Waals surface area (Å²) in [5.41, 5.74) is 1.79. The van der Waals surface area contributed by atoms with Gasteiger partial charge in [0, 0.05) is 18.0 Å². The predicted molar refractivity (Wildman–Crippen MR) is 143 cm³/mol. The Morgan fingerprint density at radius 2 is 1.61 bits per heavy atom. The highest BCUT2D eigenvalue weighted by Gasteiger charge is 2.39. The van der Waals surface area contributed by atoms with Crippen LogP contribution in [0.15, 0.2) is 62.3 Å². The number of hydrogen-bond acceptors (Lipinski definition) is 9. The van der Waals surface area contributed by atoms with Crippen molar-refractivity contribution in [3.8, 4) is 0 Å². The molecule has 8 nitrogen and oxygen atoms in total. The number of benzene rings is 2. The zero-order valence-corrected chi connectivity index (χ0v) is 22.2. The van der Waals surface area contributed by atoms with Crippen molar-refractivity contribution in [2.45, 2.75) is 31.6 Å². The van der Waals surface area contributed by atoms with E-state index in [2.05, 4.69) is 30.9 Å². The Balaban J connectivity index is 1.79. The Labute approximate surface area is 218 Å². The number of aliphatic imine (C=N–C) groups is 1. The van der Waals surface area contributed by atoms with E-state index in [0.29, 0.717) is 22.3 Å². The first-order valence-electron chi connectivity index (χ1n) is 11.6. The fraction of sp³-hybridized carbons (Fsp3) is 0.308. The molecule has 0 atom stereocenters. The molecular formula is C26H27N3O5S2. The van der Waals surface area contributed by atoms with Gasteiger partial charge >= 0.3 is 11.9 Å². The number of esters is 2. The van der Waals surface area contributed by atoms with Crippen LogP contribution < -0.4 is 4.90 Å². The third-order valence-electron chi connectivity index (χ3n) is 5.70. The summed E-state index contributed by atoms with van der Waals surface area (Å²) in [6.07, 6.45) is 1.73. The Bertz CT molecular complexity index is 1240. The second kappa shape index (κ2) is 11.2. The van der Waals surface area contributed by atoms with Crippen LogP contribution in [0.5, 0.6) is 0 Å². The molecule has 1 saturated heterocycles. The highest BCUT2D eigenvalue weighted by molar-refractivity contribution is 8.19. The van der Waals surface area contributed by atoms with Gasteiger partial charge in [0.2, 0.25) is 0 Å². The number of amidine groups is 1. The van der Waals surface area contributed by atoms with E-state index in [9.17, 15) is 14.4 Å². The van der Waals surface area contributed by atoms with E-state index in [0.717, 1.165) is 35.0 Å². The van der Waals surface area contributed by atoms with Gasteiger partial charge in [-0.2, -0.15) is 0 Å². The SMILES string of the molecule is CCCCN1C(=O)C(=C2Sc3ccccc3N2CC)SC1=Nc1cc(C(=O)OC)cc(C(=O)OC)c1. The van der Waals surface area contributed by atoms with E-state index in [1.807, 2.05) is 12.1 Å². The number of methoxy groups -OCH3 is 2. The lowest BCUT2D eigenvalue weighted by Gasteiger charge is -2.19. The van der Waals surface area contributed by atoms with Gasteiger partial charge in [-0.15, -0.1) is 0 Å². The van der Waals surface area contributed by atoms with E-state index in [4.69, 9.17) is 14.5 Å². The maximum absolute atomic E-state index is 13.6. The number of thioether (sulfide) groups is 2. The first-order chi connectivity index (χ1) is 17.4. The van der Waals surface area contributed by atoms with Crippen LogP contribution in [-0.2, 0) is 14.3 Å². The molecule has 2 aliphatic rings. The minimum atomic E-state index is -0.596. The molecule has 0 bridgehead atoms. The number of fused-ring (bicyclic) bond motifs is 1. The molecule has 0 saturated carbocycles. The molecule has 0 aliphatic carbocycles. The molecule has 4 rings (SSSR count). The Morgan fingerprint density at radius 3 is 2.22 bits per heavy atom. The van der Waals surface area contributed by atoms with Crippen molar-refractivity contribution in [2.75, 3.05) is 32.2 Å². The molecule has 0 unspecified atom stereocenters. The largest absolute Gasteiger partial charge is 0.465 e. The van der Waals surface area contributed by atoms with Crippen LogP contribution in [0.25, 0.3) is 0 Å². The molecule has 0 spiro atoms. The number of nitrogens with zero attached hydrogens (tertiary/aromatic N) is 3. The average Bonchev–Trinajstić information content (AvgIpc) is 3.42. The standard InChI is InChI=1S/C26H27N3O5S2/c1-5-7-12-29-22(30)21(23-28(6-2)19-10-8-9-11-20(19)35-23)36-26(29)27-18-14-16(24(31)33-3)13-17(15-18)25(32)34-4/h8-11,13-15H,5-7,12H2,1-4H3. The molecule has 0 radical (unpaired) electrons. The van der Waals surface area contributed by atoms with Gasteiger partial charge in [-0.05, 0) is 55.4 Å². The van der Waals surface area contributed by atoms with Crippen LogP contribution in [0.4, 0.5) is 11.4 Å². The highest BCUT2D eigenvalue weighted by atomic mass is 32.2. The summed E-state index contributed by atoms with van der Waals surface area (Å²) in [5, 5.41) is 1.39. The first-order valence-corrected chi connectivity index (χ1v) is 13.2. The van der Waals surface area contributed by atoms with Gasteiger partial charge in [0.05, 0.1) is 36.7 Å². The predicted octanol–water partition coefficient (Wildman–Crippen LogP) is 5.42. The molecule has 1 amide bonds. The third kappa shape index (κ3) is 5.01. The smallest absolute Gasteiger partial charge is 0.337 e.